The summed E-state index contributed by atoms with van der Waals surface area (Å²) in [5, 5.41) is 4.29. The Morgan fingerprint density at radius 3 is 2.91 bits per heavy atom. The average Bonchev–Trinajstić information content (AvgIpc) is 3.27. The third-order valence-electron chi connectivity index (χ3n) is 5.82. The third-order valence-corrected chi connectivity index (χ3v) is 5.82. The first kappa shape index (κ1) is 15.6. The molecule has 0 amide bonds. The Labute approximate surface area is 138 Å². The van der Waals surface area contributed by atoms with E-state index in [2.05, 4.69) is 16.2 Å². The number of fused-ring (bicyclic) bond motifs is 1. The number of hydrogen-bond donors (Lipinski definition) is 0. The molecule has 0 bridgehead atoms. The van der Waals surface area contributed by atoms with Crippen molar-refractivity contribution in [2.24, 2.45) is 13.0 Å². The summed E-state index contributed by atoms with van der Waals surface area (Å²) in [6.45, 7) is 3.77. The molecule has 0 unspecified atom stereocenters. The van der Waals surface area contributed by atoms with Crippen molar-refractivity contribution in [1.82, 2.24) is 14.7 Å². The number of aryl methyl sites for hydroxylation is 1. The van der Waals surface area contributed by atoms with Crippen molar-refractivity contribution in [3.8, 4) is 0 Å². The summed E-state index contributed by atoms with van der Waals surface area (Å²) >= 11 is 0. The van der Waals surface area contributed by atoms with Crippen molar-refractivity contribution in [2.75, 3.05) is 19.8 Å². The van der Waals surface area contributed by atoms with E-state index in [0.717, 1.165) is 38.6 Å². The second-order valence-electron chi connectivity index (χ2n) is 7.50. The number of nitrogens with zero attached hydrogens (tertiary/aromatic N) is 3. The number of ether oxygens (including phenoxy) is 2. The van der Waals surface area contributed by atoms with E-state index in [4.69, 9.17) is 9.47 Å². The van der Waals surface area contributed by atoms with Gasteiger partial charge in [0.2, 0.25) is 0 Å². The van der Waals surface area contributed by atoms with E-state index < -0.39 is 0 Å². The molecule has 0 aromatic carbocycles. The topological polar surface area (TPSA) is 39.5 Å². The van der Waals surface area contributed by atoms with Crippen molar-refractivity contribution in [3.05, 3.63) is 18.0 Å². The summed E-state index contributed by atoms with van der Waals surface area (Å²) in [5.74, 6) is 0.795. The fraction of sp³-hybridized carbons (Fsp3) is 0.833. The minimum Gasteiger partial charge on any atom is -0.375 e. The largest absolute Gasteiger partial charge is 0.375 e. The molecule has 5 nitrogen and oxygen atoms in total. The zero-order valence-electron chi connectivity index (χ0n) is 14.2. The summed E-state index contributed by atoms with van der Waals surface area (Å²) < 4.78 is 14.3. The van der Waals surface area contributed by atoms with E-state index in [1.54, 1.807) is 0 Å². The van der Waals surface area contributed by atoms with Crippen molar-refractivity contribution in [2.45, 2.75) is 63.3 Å². The first-order valence-corrected chi connectivity index (χ1v) is 9.24. The maximum Gasteiger partial charge on any atom is 0.0992 e. The minimum absolute atomic E-state index is 0.266. The lowest BCUT2D eigenvalue weighted by atomic mass is 10.1. The van der Waals surface area contributed by atoms with Gasteiger partial charge in [-0.05, 0) is 31.6 Å². The van der Waals surface area contributed by atoms with Gasteiger partial charge in [-0.3, -0.25) is 9.58 Å². The van der Waals surface area contributed by atoms with Gasteiger partial charge in [0.25, 0.3) is 0 Å². The monoisotopic (exact) mass is 319 g/mol. The SMILES string of the molecule is Cn1cc(CN2CCO[C@H]3[C@H](OCC4CCCC4)CC[C@@H]32)cn1. The van der Waals surface area contributed by atoms with Crippen LogP contribution in [0.1, 0.15) is 44.1 Å². The highest BCUT2D eigenvalue weighted by molar-refractivity contribution is 5.06. The Bertz CT molecular complexity index is 512. The van der Waals surface area contributed by atoms with Crippen LogP contribution in [-0.4, -0.2) is 52.7 Å². The first-order valence-electron chi connectivity index (χ1n) is 9.24. The highest BCUT2D eigenvalue weighted by Crippen LogP contribution is 2.34. The molecule has 0 N–H and O–H groups in total. The van der Waals surface area contributed by atoms with Gasteiger partial charge >= 0.3 is 0 Å². The van der Waals surface area contributed by atoms with Crippen LogP contribution in [0.2, 0.25) is 0 Å². The van der Waals surface area contributed by atoms with Crippen LogP contribution >= 0.6 is 0 Å². The zero-order valence-corrected chi connectivity index (χ0v) is 14.2. The zero-order chi connectivity index (χ0) is 15.6. The van der Waals surface area contributed by atoms with E-state index in [1.165, 1.54) is 37.7 Å². The molecule has 2 heterocycles. The fourth-order valence-electron chi connectivity index (χ4n) is 4.59. The van der Waals surface area contributed by atoms with Gasteiger partial charge in [-0.25, -0.2) is 0 Å². The number of hydrogen-bond acceptors (Lipinski definition) is 4. The second kappa shape index (κ2) is 6.91. The van der Waals surface area contributed by atoms with Gasteiger partial charge in [-0.2, -0.15) is 5.10 Å². The summed E-state index contributed by atoms with van der Waals surface area (Å²) in [6.07, 6.45) is 12.5. The maximum atomic E-state index is 6.29. The molecule has 1 saturated heterocycles. The van der Waals surface area contributed by atoms with E-state index in [0.29, 0.717) is 12.1 Å². The molecule has 23 heavy (non-hydrogen) atoms. The molecule has 2 aliphatic carbocycles. The lowest BCUT2D eigenvalue weighted by Gasteiger charge is -2.39. The highest BCUT2D eigenvalue weighted by atomic mass is 16.5. The van der Waals surface area contributed by atoms with Crippen molar-refractivity contribution in [3.63, 3.8) is 0 Å². The van der Waals surface area contributed by atoms with Gasteiger partial charge in [0, 0.05) is 44.5 Å². The standard InChI is InChI=1S/C18H29N3O2/c1-20-11-15(10-19-20)12-21-8-9-22-18-16(21)6-7-17(18)23-13-14-4-2-3-5-14/h10-11,14,16-18H,2-9,12-13H2,1H3/t16-,17+,18+/m0/s1. The minimum atomic E-state index is 0.266. The van der Waals surface area contributed by atoms with Gasteiger partial charge in [0.05, 0.1) is 25.0 Å². The van der Waals surface area contributed by atoms with Gasteiger partial charge in [-0.15, -0.1) is 0 Å². The Balaban J connectivity index is 1.34. The Kier molecular flexibility index (Phi) is 4.69. The van der Waals surface area contributed by atoms with Crippen LogP contribution in [0.3, 0.4) is 0 Å². The van der Waals surface area contributed by atoms with Crippen LogP contribution in [0.5, 0.6) is 0 Å². The fourth-order valence-corrected chi connectivity index (χ4v) is 4.59. The highest BCUT2D eigenvalue weighted by Gasteiger charge is 2.43. The molecule has 2 saturated carbocycles. The summed E-state index contributed by atoms with van der Waals surface area (Å²) in [6, 6.07) is 0.512. The molecular weight excluding hydrogens is 290 g/mol. The van der Waals surface area contributed by atoms with Crippen LogP contribution in [-0.2, 0) is 23.1 Å². The average molecular weight is 319 g/mol. The lowest BCUT2D eigenvalue weighted by molar-refractivity contribution is -0.119. The van der Waals surface area contributed by atoms with Crippen LogP contribution in [0.25, 0.3) is 0 Å². The Hall–Kier alpha value is -0.910. The number of rotatable bonds is 5. The predicted octanol–water partition coefficient (Wildman–Crippen LogP) is 2.36. The predicted molar refractivity (Wildman–Crippen MR) is 88.1 cm³/mol. The van der Waals surface area contributed by atoms with Gasteiger partial charge in [0.1, 0.15) is 0 Å². The molecule has 3 atom stereocenters. The molecule has 4 rings (SSSR count). The van der Waals surface area contributed by atoms with Crippen molar-refractivity contribution < 1.29 is 9.47 Å². The summed E-state index contributed by atoms with van der Waals surface area (Å²) in [5.41, 5.74) is 1.29. The van der Waals surface area contributed by atoms with Gasteiger partial charge in [-0.1, -0.05) is 12.8 Å². The van der Waals surface area contributed by atoms with Gasteiger partial charge in [0.15, 0.2) is 0 Å². The van der Waals surface area contributed by atoms with E-state index in [1.807, 2.05) is 17.9 Å². The van der Waals surface area contributed by atoms with Crippen molar-refractivity contribution in [1.29, 1.82) is 0 Å². The van der Waals surface area contributed by atoms with E-state index >= 15 is 0 Å². The molecule has 5 heteroatoms. The first-order chi connectivity index (χ1) is 11.3. The third kappa shape index (κ3) is 3.47. The molecule has 0 spiro atoms. The smallest absolute Gasteiger partial charge is 0.0992 e. The quantitative estimate of drug-likeness (QED) is 0.835. The van der Waals surface area contributed by atoms with Crippen LogP contribution in [0, 0.1) is 5.92 Å². The lowest BCUT2D eigenvalue weighted by Crippen LogP contribution is -2.51. The number of aromatic nitrogens is 2. The molecule has 1 aromatic heterocycles. The summed E-state index contributed by atoms with van der Waals surface area (Å²) in [4.78, 5) is 2.57. The molecule has 128 valence electrons. The van der Waals surface area contributed by atoms with Crippen LogP contribution < -0.4 is 0 Å². The van der Waals surface area contributed by atoms with E-state index in [9.17, 15) is 0 Å². The normalized spacial score (nSPS) is 32.5. The Morgan fingerprint density at radius 1 is 1.26 bits per heavy atom. The second-order valence-corrected chi connectivity index (χ2v) is 7.50. The summed E-state index contributed by atoms with van der Waals surface area (Å²) in [7, 11) is 1.98. The van der Waals surface area contributed by atoms with Gasteiger partial charge < -0.3 is 9.47 Å². The Morgan fingerprint density at radius 2 is 2.13 bits per heavy atom. The van der Waals surface area contributed by atoms with Crippen molar-refractivity contribution >= 4 is 0 Å². The van der Waals surface area contributed by atoms with Crippen LogP contribution in [0.15, 0.2) is 12.4 Å². The molecular formula is C18H29N3O2. The molecule has 3 aliphatic rings. The van der Waals surface area contributed by atoms with E-state index in [-0.39, 0.29) is 6.10 Å². The van der Waals surface area contributed by atoms with Crippen LogP contribution in [0.4, 0.5) is 0 Å². The number of morpholine rings is 1. The molecule has 1 aromatic rings. The molecule has 0 radical (unpaired) electrons. The molecule has 1 aliphatic heterocycles. The maximum absolute atomic E-state index is 6.29. The molecule has 3 fully saturated rings.